The van der Waals surface area contributed by atoms with Crippen LogP contribution in [0.1, 0.15) is 34.1 Å². The van der Waals surface area contributed by atoms with Crippen LogP contribution in [0.25, 0.3) is 0 Å². The molecule has 0 aliphatic carbocycles. The van der Waals surface area contributed by atoms with Crippen LogP contribution in [0.15, 0.2) is 12.7 Å². The molecule has 0 heterocycles. The molecule has 0 aliphatic heterocycles. The van der Waals surface area contributed by atoms with Crippen molar-refractivity contribution in [2.75, 3.05) is 0 Å². The summed E-state index contributed by atoms with van der Waals surface area (Å²) in [5.74, 6) is 0. The molecular weight excluding hydrogens is 232 g/mol. The molecule has 0 unspecified atom stereocenters. The van der Waals surface area contributed by atoms with E-state index in [0.717, 1.165) is 0 Å². The zero-order valence-electron chi connectivity index (χ0n) is 12.0. The van der Waals surface area contributed by atoms with Gasteiger partial charge in [-0.05, 0) is 25.1 Å². The van der Waals surface area contributed by atoms with Gasteiger partial charge in [0.1, 0.15) is 0 Å². The summed E-state index contributed by atoms with van der Waals surface area (Å²) < 4.78 is 6.10. The Morgan fingerprint density at radius 2 is 1.76 bits per heavy atom. The molecule has 0 amide bonds. The van der Waals surface area contributed by atoms with Crippen molar-refractivity contribution < 1.29 is 14.6 Å². The van der Waals surface area contributed by atoms with Crippen LogP contribution in [0.5, 0.6) is 0 Å². The van der Waals surface area contributed by atoms with Crippen molar-refractivity contribution in [2.24, 2.45) is 0 Å². The van der Waals surface area contributed by atoms with Crippen LogP contribution < -0.4 is 0 Å². The molecule has 0 spiro atoms. The average molecular weight is 260 g/mol. The number of rotatable bonds is 6. The maximum absolute atomic E-state index is 9.70. The fraction of sp³-hybridized carbons (Fsp3) is 0.846. The van der Waals surface area contributed by atoms with Crippen molar-refractivity contribution in [3.63, 3.8) is 0 Å². The van der Waals surface area contributed by atoms with Crippen molar-refractivity contribution in [3.8, 4) is 0 Å². The first-order chi connectivity index (χ1) is 7.51. The third-order valence-electron chi connectivity index (χ3n) is 3.51. The molecule has 0 aromatic rings. The Labute approximate surface area is 107 Å². The Morgan fingerprint density at radius 1 is 1.29 bits per heavy atom. The fourth-order valence-electron chi connectivity index (χ4n) is 1.36. The molecule has 102 valence electrons. The van der Waals surface area contributed by atoms with E-state index in [-0.39, 0.29) is 11.1 Å². The number of hydrogen-bond acceptors (Lipinski definition) is 3. The van der Waals surface area contributed by atoms with Gasteiger partial charge in [-0.1, -0.05) is 26.8 Å². The smallest absolute Gasteiger partial charge is 0.192 e. The number of aliphatic hydroxyl groups is 2. The van der Waals surface area contributed by atoms with E-state index < -0.39 is 20.5 Å². The molecule has 0 bridgehead atoms. The maximum atomic E-state index is 9.70. The SMILES string of the molecule is C=C[C@H](O)[C@H](O)C[C@@H](C)O[Si](C)(C)C(C)(C)C. The lowest BCUT2D eigenvalue weighted by Crippen LogP contribution is -2.44. The monoisotopic (exact) mass is 260 g/mol. The average Bonchev–Trinajstić information content (AvgIpc) is 2.13. The van der Waals surface area contributed by atoms with Gasteiger partial charge < -0.3 is 14.6 Å². The third kappa shape index (κ3) is 5.34. The van der Waals surface area contributed by atoms with E-state index in [1.165, 1.54) is 6.08 Å². The zero-order chi connectivity index (χ0) is 13.9. The van der Waals surface area contributed by atoms with Crippen LogP contribution in [-0.4, -0.2) is 36.8 Å². The Bertz CT molecular complexity index is 246. The summed E-state index contributed by atoms with van der Waals surface area (Å²) in [4.78, 5) is 0. The predicted molar refractivity (Wildman–Crippen MR) is 74.6 cm³/mol. The fourth-order valence-corrected chi connectivity index (χ4v) is 2.82. The van der Waals surface area contributed by atoms with Gasteiger partial charge in [-0.3, -0.25) is 0 Å². The minimum Gasteiger partial charge on any atom is -0.414 e. The normalized spacial score (nSPS) is 18.6. The molecule has 0 saturated heterocycles. The lowest BCUT2D eigenvalue weighted by molar-refractivity contribution is 0.0170. The highest BCUT2D eigenvalue weighted by Crippen LogP contribution is 2.37. The van der Waals surface area contributed by atoms with E-state index in [2.05, 4.69) is 40.4 Å². The van der Waals surface area contributed by atoms with Gasteiger partial charge in [-0.2, -0.15) is 0 Å². The molecule has 17 heavy (non-hydrogen) atoms. The van der Waals surface area contributed by atoms with E-state index in [9.17, 15) is 10.2 Å². The van der Waals surface area contributed by atoms with Crippen molar-refractivity contribution in [3.05, 3.63) is 12.7 Å². The Hall–Kier alpha value is -0.163. The maximum Gasteiger partial charge on any atom is 0.192 e. The quantitative estimate of drug-likeness (QED) is 0.570. The van der Waals surface area contributed by atoms with Gasteiger partial charge in [-0.15, -0.1) is 6.58 Å². The van der Waals surface area contributed by atoms with Gasteiger partial charge >= 0.3 is 0 Å². The van der Waals surface area contributed by atoms with Gasteiger partial charge in [0.2, 0.25) is 0 Å². The van der Waals surface area contributed by atoms with E-state index in [0.29, 0.717) is 6.42 Å². The van der Waals surface area contributed by atoms with Crippen molar-refractivity contribution >= 4 is 8.32 Å². The van der Waals surface area contributed by atoms with Crippen molar-refractivity contribution in [2.45, 2.75) is 70.6 Å². The second-order valence-electron chi connectivity index (χ2n) is 6.22. The molecule has 0 aromatic carbocycles. The minimum absolute atomic E-state index is 0.0551. The lowest BCUT2D eigenvalue weighted by atomic mass is 10.1. The zero-order valence-corrected chi connectivity index (χ0v) is 13.0. The van der Waals surface area contributed by atoms with Gasteiger partial charge in [0, 0.05) is 12.5 Å². The molecule has 3 atom stereocenters. The second-order valence-corrected chi connectivity index (χ2v) is 11.0. The second kappa shape index (κ2) is 6.14. The summed E-state index contributed by atoms with van der Waals surface area (Å²) in [6, 6.07) is 0. The van der Waals surface area contributed by atoms with Crippen LogP contribution in [0, 0.1) is 0 Å². The molecule has 0 aromatic heterocycles. The highest BCUT2D eigenvalue weighted by Gasteiger charge is 2.38. The van der Waals surface area contributed by atoms with Gasteiger partial charge in [0.15, 0.2) is 8.32 Å². The van der Waals surface area contributed by atoms with E-state index in [1.807, 2.05) is 6.92 Å². The van der Waals surface area contributed by atoms with Crippen LogP contribution >= 0.6 is 0 Å². The largest absolute Gasteiger partial charge is 0.414 e. The van der Waals surface area contributed by atoms with Gasteiger partial charge in [0.25, 0.3) is 0 Å². The Kier molecular flexibility index (Phi) is 6.08. The molecule has 4 heteroatoms. The molecule has 0 radical (unpaired) electrons. The Balaban J connectivity index is 4.36. The topological polar surface area (TPSA) is 49.7 Å². The third-order valence-corrected chi connectivity index (χ3v) is 8.12. The first-order valence-electron chi connectivity index (χ1n) is 6.17. The predicted octanol–water partition coefficient (Wildman–Crippen LogP) is 2.69. The minimum atomic E-state index is -1.80. The lowest BCUT2D eigenvalue weighted by Gasteiger charge is -2.39. The van der Waals surface area contributed by atoms with Crippen LogP contribution in [0.3, 0.4) is 0 Å². The van der Waals surface area contributed by atoms with Gasteiger partial charge in [0.05, 0.1) is 12.2 Å². The summed E-state index contributed by atoms with van der Waals surface area (Å²) in [5, 5.41) is 19.3. The van der Waals surface area contributed by atoms with Gasteiger partial charge in [-0.25, -0.2) is 0 Å². The van der Waals surface area contributed by atoms with Crippen LogP contribution in [-0.2, 0) is 4.43 Å². The first-order valence-corrected chi connectivity index (χ1v) is 9.08. The first kappa shape index (κ1) is 16.8. The number of aliphatic hydroxyl groups excluding tert-OH is 2. The standard InChI is InChI=1S/C13H28O3Si/c1-8-11(14)12(15)9-10(2)16-17(6,7)13(3,4)5/h8,10-12,14-15H,1,9H2,2-7H3/t10-,11+,12-/m1/s1. The molecule has 0 aliphatic rings. The molecule has 2 N–H and O–H groups in total. The molecular formula is C13H28O3Si. The van der Waals surface area contributed by atoms with E-state index >= 15 is 0 Å². The van der Waals surface area contributed by atoms with Crippen LogP contribution in [0.2, 0.25) is 18.1 Å². The summed E-state index contributed by atoms with van der Waals surface area (Å²) in [6.07, 6.45) is 0.0527. The van der Waals surface area contributed by atoms with Crippen molar-refractivity contribution in [1.29, 1.82) is 0 Å². The van der Waals surface area contributed by atoms with E-state index in [4.69, 9.17) is 4.43 Å². The molecule has 0 rings (SSSR count). The number of hydrogen-bond donors (Lipinski definition) is 2. The molecule has 0 fully saturated rings. The van der Waals surface area contributed by atoms with E-state index in [1.54, 1.807) is 0 Å². The van der Waals surface area contributed by atoms with Crippen molar-refractivity contribution in [1.82, 2.24) is 0 Å². The summed E-state index contributed by atoms with van der Waals surface area (Å²) in [6.45, 7) is 16.3. The highest BCUT2D eigenvalue weighted by molar-refractivity contribution is 6.74. The van der Waals surface area contributed by atoms with Crippen LogP contribution in [0.4, 0.5) is 0 Å². The summed E-state index contributed by atoms with van der Waals surface area (Å²) in [5.41, 5.74) is 0. The Morgan fingerprint density at radius 3 is 2.12 bits per heavy atom. The highest BCUT2D eigenvalue weighted by atomic mass is 28.4. The summed E-state index contributed by atoms with van der Waals surface area (Å²) in [7, 11) is -1.80. The molecule has 0 saturated carbocycles. The summed E-state index contributed by atoms with van der Waals surface area (Å²) >= 11 is 0. The molecule has 3 nitrogen and oxygen atoms in total.